The van der Waals surface area contributed by atoms with Crippen LogP contribution in [0.15, 0.2) is 26.0 Å². The summed E-state index contributed by atoms with van der Waals surface area (Å²) in [7, 11) is 1.45. The molecule has 0 bridgehead atoms. The standard InChI is InChI=1S/C9H5Br2ClO3S/c1-2-3-15-9-7(10)4-6(5-8(9)11)16(12,13)14/h1,4-5H,3H2. The Kier molecular flexibility index (Phi) is 4.68. The molecular weight excluding hydrogens is 383 g/mol. The summed E-state index contributed by atoms with van der Waals surface area (Å²) in [4.78, 5) is -0.0269. The Balaban J connectivity index is 3.24. The predicted octanol–water partition coefficient (Wildman–Crippen LogP) is 3.15. The van der Waals surface area contributed by atoms with Crippen LogP contribution in [0.4, 0.5) is 0 Å². The Morgan fingerprint density at radius 3 is 2.25 bits per heavy atom. The molecule has 86 valence electrons. The fourth-order valence-corrected chi connectivity index (χ4v) is 3.43. The molecule has 0 aliphatic heterocycles. The molecule has 1 aromatic carbocycles. The highest BCUT2D eigenvalue weighted by Gasteiger charge is 2.16. The van der Waals surface area contributed by atoms with E-state index in [1.54, 1.807) is 0 Å². The largest absolute Gasteiger partial charge is 0.479 e. The van der Waals surface area contributed by atoms with E-state index in [9.17, 15) is 8.42 Å². The zero-order valence-corrected chi connectivity index (χ0v) is 12.5. The van der Waals surface area contributed by atoms with Gasteiger partial charge in [0.25, 0.3) is 9.05 Å². The second kappa shape index (κ2) is 5.41. The molecule has 0 heterocycles. The average Bonchev–Trinajstić information content (AvgIpc) is 2.15. The minimum Gasteiger partial charge on any atom is -0.479 e. The van der Waals surface area contributed by atoms with E-state index in [2.05, 4.69) is 37.8 Å². The summed E-state index contributed by atoms with van der Waals surface area (Å²) in [6.45, 7) is 0.0875. The number of terminal acetylenes is 1. The van der Waals surface area contributed by atoms with Crippen molar-refractivity contribution < 1.29 is 13.2 Å². The Hall–Kier alpha value is -0.220. The normalized spacial score (nSPS) is 10.9. The van der Waals surface area contributed by atoms with Gasteiger partial charge in [-0.15, -0.1) is 6.42 Å². The van der Waals surface area contributed by atoms with Crippen LogP contribution in [-0.2, 0) is 9.05 Å². The van der Waals surface area contributed by atoms with Gasteiger partial charge in [0, 0.05) is 10.7 Å². The lowest BCUT2D eigenvalue weighted by Gasteiger charge is -2.08. The van der Waals surface area contributed by atoms with Crippen LogP contribution in [-0.4, -0.2) is 15.0 Å². The van der Waals surface area contributed by atoms with Crippen molar-refractivity contribution in [1.29, 1.82) is 0 Å². The van der Waals surface area contributed by atoms with E-state index >= 15 is 0 Å². The molecule has 1 aromatic rings. The van der Waals surface area contributed by atoms with Gasteiger partial charge in [0.05, 0.1) is 13.8 Å². The van der Waals surface area contributed by atoms with Crippen LogP contribution in [0.5, 0.6) is 5.75 Å². The molecular formula is C9H5Br2ClO3S. The van der Waals surface area contributed by atoms with Gasteiger partial charge in [-0.05, 0) is 44.0 Å². The lowest BCUT2D eigenvalue weighted by Crippen LogP contribution is -1.98. The van der Waals surface area contributed by atoms with E-state index < -0.39 is 9.05 Å². The monoisotopic (exact) mass is 386 g/mol. The maximum atomic E-state index is 11.1. The van der Waals surface area contributed by atoms with Gasteiger partial charge in [0.15, 0.2) is 0 Å². The van der Waals surface area contributed by atoms with E-state index in [0.29, 0.717) is 14.7 Å². The van der Waals surface area contributed by atoms with Gasteiger partial charge in [-0.1, -0.05) is 5.92 Å². The van der Waals surface area contributed by atoms with Crippen LogP contribution in [0, 0.1) is 12.3 Å². The minimum absolute atomic E-state index is 0.0269. The first-order valence-corrected chi connectivity index (χ1v) is 7.75. The quantitative estimate of drug-likeness (QED) is 0.590. The minimum atomic E-state index is -3.77. The SMILES string of the molecule is C#CCOc1c(Br)cc(S(=O)(=O)Cl)cc1Br. The average molecular weight is 388 g/mol. The number of hydrogen-bond acceptors (Lipinski definition) is 3. The van der Waals surface area contributed by atoms with Crippen molar-refractivity contribution in [1.82, 2.24) is 0 Å². The molecule has 0 radical (unpaired) electrons. The number of rotatable bonds is 3. The number of ether oxygens (including phenoxy) is 1. The molecule has 0 fully saturated rings. The summed E-state index contributed by atoms with van der Waals surface area (Å²) in [5.41, 5.74) is 0. The molecule has 0 saturated heterocycles. The van der Waals surface area contributed by atoms with Crippen LogP contribution < -0.4 is 4.74 Å². The van der Waals surface area contributed by atoms with Crippen molar-refractivity contribution in [3.05, 3.63) is 21.1 Å². The molecule has 0 N–H and O–H groups in total. The van der Waals surface area contributed by atoms with Gasteiger partial charge < -0.3 is 4.74 Å². The molecule has 0 aliphatic rings. The van der Waals surface area contributed by atoms with Crippen molar-refractivity contribution in [2.45, 2.75) is 4.90 Å². The molecule has 7 heteroatoms. The molecule has 3 nitrogen and oxygen atoms in total. The highest BCUT2D eigenvalue weighted by molar-refractivity contribution is 9.11. The summed E-state index contributed by atoms with van der Waals surface area (Å²) in [5.74, 6) is 2.74. The molecule has 16 heavy (non-hydrogen) atoms. The van der Waals surface area contributed by atoms with Crippen LogP contribution >= 0.6 is 42.5 Å². The third kappa shape index (κ3) is 3.39. The number of benzene rings is 1. The molecule has 0 atom stereocenters. The van der Waals surface area contributed by atoms with Gasteiger partial charge >= 0.3 is 0 Å². The fraction of sp³-hybridized carbons (Fsp3) is 0.111. The third-order valence-electron chi connectivity index (χ3n) is 1.55. The zero-order chi connectivity index (χ0) is 12.3. The highest BCUT2D eigenvalue weighted by Crippen LogP contribution is 2.36. The first kappa shape index (κ1) is 13.8. The van der Waals surface area contributed by atoms with Crippen LogP contribution in [0.3, 0.4) is 0 Å². The van der Waals surface area contributed by atoms with Crippen molar-refractivity contribution in [2.75, 3.05) is 6.61 Å². The molecule has 0 saturated carbocycles. The van der Waals surface area contributed by atoms with Gasteiger partial charge in [-0.3, -0.25) is 0 Å². The molecule has 0 unspecified atom stereocenters. The lowest BCUT2D eigenvalue weighted by atomic mass is 10.3. The molecule has 0 spiro atoms. The van der Waals surface area contributed by atoms with Crippen molar-refractivity contribution in [2.24, 2.45) is 0 Å². The second-order valence-corrected chi connectivity index (χ2v) is 6.92. The Bertz CT molecular complexity index is 525. The van der Waals surface area contributed by atoms with Gasteiger partial charge in [0.1, 0.15) is 12.4 Å². The van der Waals surface area contributed by atoms with Gasteiger partial charge in [-0.25, -0.2) is 8.42 Å². The Morgan fingerprint density at radius 2 is 1.88 bits per heavy atom. The molecule has 1 rings (SSSR count). The maximum absolute atomic E-state index is 11.1. The van der Waals surface area contributed by atoms with Crippen LogP contribution in [0.2, 0.25) is 0 Å². The summed E-state index contributed by atoms with van der Waals surface area (Å²) < 4.78 is 28.4. The zero-order valence-electron chi connectivity index (χ0n) is 7.71. The van der Waals surface area contributed by atoms with E-state index in [1.165, 1.54) is 12.1 Å². The molecule has 0 aromatic heterocycles. The summed E-state index contributed by atoms with van der Waals surface area (Å²) in [6.07, 6.45) is 5.05. The molecule has 0 aliphatic carbocycles. The summed E-state index contributed by atoms with van der Waals surface area (Å²) >= 11 is 6.35. The topological polar surface area (TPSA) is 43.4 Å². The predicted molar refractivity (Wildman–Crippen MR) is 69.2 cm³/mol. The van der Waals surface area contributed by atoms with Crippen molar-refractivity contribution >= 4 is 51.6 Å². The number of hydrogen-bond donors (Lipinski definition) is 0. The van der Waals surface area contributed by atoms with Crippen molar-refractivity contribution in [3.63, 3.8) is 0 Å². The van der Waals surface area contributed by atoms with Crippen LogP contribution in [0.1, 0.15) is 0 Å². The van der Waals surface area contributed by atoms with Gasteiger partial charge in [-0.2, -0.15) is 0 Å². The van der Waals surface area contributed by atoms with E-state index in [-0.39, 0.29) is 11.5 Å². The van der Waals surface area contributed by atoms with E-state index in [1.807, 2.05) is 0 Å². The first-order valence-electron chi connectivity index (χ1n) is 3.86. The van der Waals surface area contributed by atoms with Crippen LogP contribution in [0.25, 0.3) is 0 Å². The second-order valence-electron chi connectivity index (χ2n) is 2.65. The fourth-order valence-electron chi connectivity index (χ4n) is 0.929. The Morgan fingerprint density at radius 1 is 1.38 bits per heavy atom. The molecule has 0 amide bonds. The highest BCUT2D eigenvalue weighted by atomic mass is 79.9. The Labute approximate surface area is 115 Å². The number of halogens is 3. The first-order chi connectivity index (χ1) is 7.36. The smallest absolute Gasteiger partial charge is 0.261 e. The van der Waals surface area contributed by atoms with Crippen molar-refractivity contribution in [3.8, 4) is 18.1 Å². The lowest BCUT2D eigenvalue weighted by molar-refractivity contribution is 0.365. The summed E-state index contributed by atoms with van der Waals surface area (Å²) in [6, 6.07) is 2.69. The van der Waals surface area contributed by atoms with Gasteiger partial charge in [0.2, 0.25) is 0 Å². The van der Waals surface area contributed by atoms with E-state index in [4.69, 9.17) is 21.8 Å². The van der Waals surface area contributed by atoms with E-state index in [0.717, 1.165) is 0 Å². The maximum Gasteiger partial charge on any atom is 0.261 e. The summed E-state index contributed by atoms with van der Waals surface area (Å²) in [5, 5.41) is 0. The third-order valence-corrected chi connectivity index (χ3v) is 4.06.